The van der Waals surface area contributed by atoms with Crippen molar-refractivity contribution in [3.63, 3.8) is 0 Å². The Kier molecular flexibility index (Phi) is 7.63. The number of nitro groups is 1. The number of carbonyl (C=O) groups excluding carboxylic acids is 1. The van der Waals surface area contributed by atoms with E-state index < -0.39 is 4.92 Å². The van der Waals surface area contributed by atoms with Crippen LogP contribution in [0.1, 0.15) is 25.3 Å². The van der Waals surface area contributed by atoms with Crippen LogP contribution in [0.2, 0.25) is 0 Å². The Morgan fingerprint density at radius 2 is 1.84 bits per heavy atom. The minimum absolute atomic E-state index is 0.120. The molecule has 3 rings (SSSR count). The number of nitrogens with zero attached hydrogens (tertiary/aromatic N) is 4. The lowest BCUT2D eigenvalue weighted by atomic mass is 9.97. The van der Waals surface area contributed by atoms with Gasteiger partial charge in [0.1, 0.15) is 17.8 Å². The predicted octanol–water partition coefficient (Wildman–Crippen LogP) is 2.79. The lowest BCUT2D eigenvalue weighted by Gasteiger charge is -2.31. The summed E-state index contributed by atoms with van der Waals surface area (Å²) in [7, 11) is 3.11. The van der Waals surface area contributed by atoms with Gasteiger partial charge >= 0.3 is 11.7 Å². The fraction of sp³-hybridized carbons (Fsp3) is 0.476. The summed E-state index contributed by atoms with van der Waals surface area (Å²) in [6, 6.07) is 5.36. The Labute approximate surface area is 185 Å². The van der Waals surface area contributed by atoms with Crippen molar-refractivity contribution in [1.29, 1.82) is 0 Å². The molecule has 0 amide bonds. The third kappa shape index (κ3) is 5.34. The molecule has 0 bridgehead atoms. The van der Waals surface area contributed by atoms with Gasteiger partial charge < -0.3 is 24.4 Å². The second-order valence-corrected chi connectivity index (χ2v) is 7.24. The van der Waals surface area contributed by atoms with Crippen molar-refractivity contribution < 1.29 is 23.9 Å². The first-order valence-electron chi connectivity index (χ1n) is 10.3. The number of anilines is 2. The predicted molar refractivity (Wildman–Crippen MR) is 117 cm³/mol. The van der Waals surface area contributed by atoms with Gasteiger partial charge in [-0.15, -0.1) is 0 Å². The molecular weight excluding hydrogens is 418 g/mol. The number of nitrogens with one attached hydrogen (secondary N) is 1. The molecule has 0 aliphatic carbocycles. The maximum absolute atomic E-state index is 12.0. The SMILES string of the molecule is CCOC(=O)C1CCN(c2ncnc(NCc3cc(OC)cc(OC)c3)c2[N+](=O)[O-])CC1. The number of benzene rings is 1. The Morgan fingerprint density at radius 1 is 1.19 bits per heavy atom. The van der Waals surface area contributed by atoms with E-state index in [9.17, 15) is 14.9 Å². The molecule has 1 saturated heterocycles. The molecular formula is C21H27N5O6. The number of methoxy groups -OCH3 is 2. The highest BCUT2D eigenvalue weighted by atomic mass is 16.6. The van der Waals surface area contributed by atoms with Crippen LogP contribution in [0.5, 0.6) is 11.5 Å². The van der Waals surface area contributed by atoms with Gasteiger partial charge in [-0.2, -0.15) is 0 Å². The van der Waals surface area contributed by atoms with Crippen molar-refractivity contribution in [2.75, 3.05) is 44.1 Å². The molecule has 2 heterocycles. The zero-order chi connectivity index (χ0) is 23.1. The number of carbonyl (C=O) groups is 1. The van der Waals surface area contributed by atoms with Gasteiger partial charge in [-0.25, -0.2) is 9.97 Å². The summed E-state index contributed by atoms with van der Waals surface area (Å²) in [5.74, 6) is 1.16. The molecule has 1 fully saturated rings. The average molecular weight is 445 g/mol. The molecule has 0 atom stereocenters. The molecule has 0 spiro atoms. The van der Waals surface area contributed by atoms with E-state index in [1.54, 1.807) is 27.2 Å². The Morgan fingerprint density at radius 3 is 2.41 bits per heavy atom. The van der Waals surface area contributed by atoms with Gasteiger partial charge in [-0.3, -0.25) is 14.9 Å². The molecule has 1 N–H and O–H groups in total. The quantitative estimate of drug-likeness (QED) is 0.349. The minimum atomic E-state index is -0.485. The van der Waals surface area contributed by atoms with Crippen LogP contribution in [0.25, 0.3) is 0 Å². The lowest BCUT2D eigenvalue weighted by molar-refractivity contribution is -0.383. The number of ether oxygens (including phenoxy) is 3. The molecule has 0 unspecified atom stereocenters. The van der Waals surface area contributed by atoms with E-state index in [-0.39, 0.29) is 35.8 Å². The first kappa shape index (κ1) is 23.0. The second kappa shape index (κ2) is 10.6. The highest BCUT2D eigenvalue weighted by Gasteiger charge is 2.32. The van der Waals surface area contributed by atoms with Crippen LogP contribution >= 0.6 is 0 Å². The molecule has 0 saturated carbocycles. The van der Waals surface area contributed by atoms with E-state index >= 15 is 0 Å². The molecule has 2 aromatic rings. The zero-order valence-electron chi connectivity index (χ0n) is 18.4. The van der Waals surface area contributed by atoms with Crippen molar-refractivity contribution in [1.82, 2.24) is 9.97 Å². The van der Waals surface area contributed by atoms with Crippen molar-refractivity contribution in [2.45, 2.75) is 26.3 Å². The number of aromatic nitrogens is 2. The molecule has 1 aromatic carbocycles. The van der Waals surface area contributed by atoms with E-state index in [4.69, 9.17) is 14.2 Å². The maximum atomic E-state index is 12.0. The summed E-state index contributed by atoms with van der Waals surface area (Å²) < 4.78 is 15.6. The number of piperidine rings is 1. The topological polar surface area (TPSA) is 129 Å². The van der Waals surface area contributed by atoms with E-state index in [1.165, 1.54) is 6.33 Å². The van der Waals surface area contributed by atoms with Crippen LogP contribution in [0.15, 0.2) is 24.5 Å². The van der Waals surface area contributed by atoms with Gasteiger partial charge in [0.2, 0.25) is 11.6 Å². The molecule has 1 aliphatic rings. The van der Waals surface area contributed by atoms with E-state index in [0.717, 1.165) is 5.56 Å². The van der Waals surface area contributed by atoms with Gasteiger partial charge in [-0.1, -0.05) is 0 Å². The molecule has 11 nitrogen and oxygen atoms in total. The Balaban J connectivity index is 1.77. The summed E-state index contributed by atoms with van der Waals surface area (Å²) in [5.41, 5.74) is 0.614. The van der Waals surface area contributed by atoms with Crippen LogP contribution in [-0.2, 0) is 16.1 Å². The lowest BCUT2D eigenvalue weighted by Crippen LogP contribution is -2.37. The summed E-state index contributed by atoms with van der Waals surface area (Å²) in [6.45, 7) is 3.32. The Hall–Kier alpha value is -3.63. The zero-order valence-corrected chi connectivity index (χ0v) is 18.4. The van der Waals surface area contributed by atoms with Crippen LogP contribution < -0.4 is 19.7 Å². The number of rotatable bonds is 9. The average Bonchev–Trinajstić information content (AvgIpc) is 2.82. The normalized spacial score (nSPS) is 14.0. The van der Waals surface area contributed by atoms with Crippen LogP contribution in [0.4, 0.5) is 17.3 Å². The summed E-state index contributed by atoms with van der Waals surface area (Å²) in [4.78, 5) is 33.5. The van der Waals surface area contributed by atoms with Crippen molar-refractivity contribution in [3.8, 4) is 11.5 Å². The van der Waals surface area contributed by atoms with Crippen LogP contribution in [0, 0.1) is 16.0 Å². The first-order chi connectivity index (χ1) is 15.5. The summed E-state index contributed by atoms with van der Waals surface area (Å²) in [6.07, 6.45) is 2.40. The first-order valence-corrected chi connectivity index (χ1v) is 10.3. The standard InChI is InChI=1S/C21H27N5O6/c1-4-32-21(27)15-5-7-25(8-6-15)20-18(26(28)29)19(23-13-24-20)22-12-14-9-16(30-2)11-17(10-14)31-3/h9-11,13,15H,4-8,12H2,1-3H3,(H,22,23,24). The summed E-state index contributed by atoms with van der Waals surface area (Å²) >= 11 is 0. The third-order valence-corrected chi connectivity index (χ3v) is 5.27. The van der Waals surface area contributed by atoms with Gasteiger partial charge in [0, 0.05) is 25.7 Å². The molecule has 0 radical (unpaired) electrons. The van der Waals surface area contributed by atoms with Crippen molar-refractivity contribution in [3.05, 3.63) is 40.2 Å². The molecule has 32 heavy (non-hydrogen) atoms. The number of hydrogen-bond acceptors (Lipinski definition) is 10. The second-order valence-electron chi connectivity index (χ2n) is 7.24. The highest BCUT2D eigenvalue weighted by Crippen LogP contribution is 2.34. The van der Waals surface area contributed by atoms with Gasteiger partial charge in [-0.05, 0) is 37.5 Å². The molecule has 1 aliphatic heterocycles. The van der Waals surface area contributed by atoms with Crippen LogP contribution in [0.3, 0.4) is 0 Å². The summed E-state index contributed by atoms with van der Waals surface area (Å²) in [5, 5.41) is 14.9. The fourth-order valence-electron chi connectivity index (χ4n) is 3.64. The third-order valence-electron chi connectivity index (χ3n) is 5.27. The molecule has 1 aromatic heterocycles. The fourth-order valence-corrected chi connectivity index (χ4v) is 3.64. The highest BCUT2D eigenvalue weighted by molar-refractivity contribution is 5.74. The number of esters is 1. The van der Waals surface area contributed by atoms with Gasteiger partial charge in [0.25, 0.3) is 0 Å². The van der Waals surface area contributed by atoms with E-state index in [0.29, 0.717) is 44.0 Å². The molecule has 11 heteroatoms. The Bertz CT molecular complexity index is 939. The van der Waals surface area contributed by atoms with E-state index in [1.807, 2.05) is 17.0 Å². The molecule has 172 valence electrons. The number of hydrogen-bond donors (Lipinski definition) is 1. The van der Waals surface area contributed by atoms with Gasteiger partial charge in [0.05, 0.1) is 31.7 Å². The maximum Gasteiger partial charge on any atom is 0.353 e. The largest absolute Gasteiger partial charge is 0.497 e. The smallest absolute Gasteiger partial charge is 0.353 e. The van der Waals surface area contributed by atoms with Crippen molar-refractivity contribution in [2.24, 2.45) is 5.92 Å². The van der Waals surface area contributed by atoms with Crippen molar-refractivity contribution >= 4 is 23.3 Å². The van der Waals surface area contributed by atoms with Crippen LogP contribution in [-0.4, -0.2) is 54.8 Å². The van der Waals surface area contributed by atoms with Gasteiger partial charge in [0.15, 0.2) is 0 Å². The monoisotopic (exact) mass is 445 g/mol. The van der Waals surface area contributed by atoms with E-state index in [2.05, 4.69) is 15.3 Å². The minimum Gasteiger partial charge on any atom is -0.497 e.